The number of carboxylic acids is 5. The number of guanidine groups is 1. The number of H-pyrrole nitrogens is 1. The third kappa shape index (κ3) is 34.4. The number of methoxy groups -OCH3 is 2. The van der Waals surface area contributed by atoms with E-state index in [1.165, 1.54) is 109 Å². The van der Waals surface area contributed by atoms with Crippen molar-refractivity contribution in [1.82, 2.24) is 55.9 Å². The highest BCUT2D eigenvalue weighted by Crippen LogP contribution is 2.40. The average Bonchev–Trinajstić information content (AvgIpc) is 1.59. The highest BCUT2D eigenvalue weighted by atomic mass is 33.1. The predicted molar refractivity (Wildman–Crippen MR) is 512 cm³/mol. The molecule has 3 saturated heterocycles. The Balaban J connectivity index is 0.857. The highest BCUT2D eigenvalue weighted by molar-refractivity contribution is 8.76. The Morgan fingerprint density at radius 1 is 0.683 bits per heavy atom. The van der Waals surface area contributed by atoms with Crippen molar-refractivity contribution in [1.29, 1.82) is 5.41 Å². The minimum atomic E-state index is -2.04. The number of anilines is 3. The summed E-state index contributed by atoms with van der Waals surface area (Å²) in [6, 6.07) is 4.65. The molecule has 8 rings (SSSR count). The lowest BCUT2D eigenvalue weighted by Gasteiger charge is -2.33. The van der Waals surface area contributed by atoms with Crippen LogP contribution in [0.2, 0.25) is 0 Å². The SMILES string of the molecule is C=CCOC(=O)Cc1cc(OCCCCCOc2cc(NC(=O)OCC(C)SSC[C@H](CC(=O)[C@H](CC(=O)O)NC(=O)[C@H](CC(=O)O)CC(=O)[C@H](CCCNC(=N)N)NC(=O)[C@H](CC(=O)O)CC(=O)CC[C@H](NC(=O)c3ccc(NCc4cnc5nc(N)[nH]c(=O)c5n4)cc3)C(=O)O)C(=O)O)c(C(=O)N3CC(=C)C[C@H]3/C=N/OC)cc2OC)c(OC)cc1C(=O)N1CC(=C)C[C@H]1C1OCCN1C(=O)OCC=C. The molecule has 10 atom stereocenters. The third-order valence-corrected chi connectivity index (χ3v) is 25.0. The van der Waals surface area contributed by atoms with Crippen LogP contribution in [-0.4, -0.2) is 302 Å². The number of hydrogen-bond donors (Lipinski definition) is 15. The summed E-state index contributed by atoms with van der Waals surface area (Å²) in [6.45, 7) is 17.2. The predicted octanol–water partition coefficient (Wildman–Crippen LogP) is 5.43. The summed E-state index contributed by atoms with van der Waals surface area (Å²) in [5, 5.41) is 76.0. The third-order valence-electron chi connectivity index (χ3n) is 22.1. The standard InChI is InChI=1S/C92H115N17O31S2/c1-9-24-137-77(119)37-53-34-72(70(132-6)38-61(53)84(124)109-46-50(4)30-67(109)86-107(23-28-138-86)92(131)139-25-10-2)135-26-12-11-13-27-136-73-40-65(62(39-71(73)133-7)85(125)108-45-49(3)29-59(108)44-99-134-8)104-91(130)140-47-51(5)142-141-48-56(87(126)127)33-69(112)66(41-76(117)118)103-82(122)55(36-75(115)116)32-68(111)63(15-14-22-96-89(93)94)101-81(121)54(35-74(113)114)31-60(110)20-21-64(88(128)129)102-80(120)52-16-18-57(19-17-52)97-42-58-43-98-79-78(100-58)83(123)106-90(95)105-79/h9-10,16-19,34,38-40,43-44,51,54-56,59,63-64,66-67,86,97H,1-4,11-15,20-33,35-37,41-42,45-48H2,5-8H3,(H,101,121)(H,102,120)(H,103,122)(H,104,130)(H,113,114)(H,115,116)(H,117,118)(H,126,127)(H,128,129)(H4,93,94,96)(H3,95,98,105,106,123)/b99-44+/t51?,54-,55-,56-,59-,63-,64-,66-,67-,86?/m0/s1. The summed E-state index contributed by atoms with van der Waals surface area (Å²) in [4.78, 5) is 251. The quantitative estimate of drug-likeness (QED) is 0.00337. The van der Waals surface area contributed by atoms with Crippen LogP contribution in [0.5, 0.6) is 23.0 Å². The first-order valence-corrected chi connectivity index (χ1v) is 47.0. The number of aliphatic carboxylic acids is 5. The van der Waals surface area contributed by atoms with E-state index in [1.54, 1.807) is 6.92 Å². The summed E-state index contributed by atoms with van der Waals surface area (Å²) in [5.41, 5.74) is 12.7. The molecule has 766 valence electrons. The Kier molecular flexibility index (Phi) is 43.8. The lowest BCUT2D eigenvalue weighted by Crippen LogP contribution is -2.51. The topological polar surface area (TPSA) is 699 Å². The van der Waals surface area contributed by atoms with Gasteiger partial charge in [-0.1, -0.05) is 76.4 Å². The number of likely N-dealkylation sites (tertiary alicyclic amines) is 2. The van der Waals surface area contributed by atoms with Crippen LogP contribution in [0.1, 0.15) is 146 Å². The minimum Gasteiger partial charge on any atom is -0.493 e. The van der Waals surface area contributed by atoms with Crippen molar-refractivity contribution >= 4 is 157 Å². The number of nitrogen functional groups attached to an aromatic ring is 1. The maximum atomic E-state index is 14.7. The van der Waals surface area contributed by atoms with Gasteiger partial charge in [-0.3, -0.25) is 87.7 Å². The number of nitrogens with one attached hydrogen (secondary N) is 8. The van der Waals surface area contributed by atoms with Crippen LogP contribution in [0.25, 0.3) is 11.2 Å². The molecule has 2 unspecified atom stereocenters. The number of nitrogens with zero attached hydrogens (tertiary/aromatic N) is 7. The first kappa shape index (κ1) is 112. The number of esters is 1. The van der Waals surface area contributed by atoms with Gasteiger partial charge in [-0.2, -0.15) is 4.98 Å². The Bertz CT molecular complexity index is 5610. The molecule has 17 N–H and O–H groups in total. The molecular formula is C92H115N17O31S2. The second-order valence-corrected chi connectivity index (χ2v) is 35.8. The molecule has 0 bridgehead atoms. The molecule has 5 aromatic rings. The number of carbonyl (C=O) groups excluding carboxylic acids is 11. The second kappa shape index (κ2) is 55.5. The van der Waals surface area contributed by atoms with Gasteiger partial charge in [0.15, 0.2) is 57.9 Å². The van der Waals surface area contributed by atoms with Gasteiger partial charge >= 0.3 is 48.0 Å². The molecule has 3 aliphatic rings. The van der Waals surface area contributed by atoms with Crippen LogP contribution >= 0.6 is 21.6 Å². The maximum Gasteiger partial charge on any atom is 0.412 e. The first-order valence-electron chi connectivity index (χ1n) is 44.6. The molecule has 0 radical (unpaired) electrons. The van der Waals surface area contributed by atoms with Crippen LogP contribution in [0.3, 0.4) is 0 Å². The number of carbonyl (C=O) groups is 16. The number of aromatic nitrogens is 4. The number of ketones is 3. The fourth-order valence-electron chi connectivity index (χ4n) is 15.1. The van der Waals surface area contributed by atoms with Gasteiger partial charge in [-0.25, -0.2) is 24.4 Å². The molecule has 2 aromatic heterocycles. The van der Waals surface area contributed by atoms with Gasteiger partial charge in [0, 0.05) is 79.2 Å². The number of nitrogens with two attached hydrogens (primary N) is 2. The van der Waals surface area contributed by atoms with E-state index in [-0.39, 0.29) is 165 Å². The number of amides is 7. The molecular weight excluding hydrogens is 1900 g/mol. The van der Waals surface area contributed by atoms with Gasteiger partial charge in [-0.15, -0.1) is 0 Å². The molecule has 7 amide bonds. The van der Waals surface area contributed by atoms with Crippen molar-refractivity contribution < 1.29 is 145 Å². The lowest BCUT2D eigenvalue weighted by molar-refractivity contribution is -0.145. The first-order chi connectivity index (χ1) is 67.7. The number of fused-ring (bicyclic) bond motifs is 1. The fourth-order valence-corrected chi connectivity index (χ4v) is 17.6. The van der Waals surface area contributed by atoms with E-state index in [0.717, 1.165) is 21.6 Å². The van der Waals surface area contributed by atoms with Crippen molar-refractivity contribution in [3.8, 4) is 23.0 Å². The zero-order chi connectivity index (χ0) is 104. The lowest BCUT2D eigenvalue weighted by atomic mass is 9.90. The fraction of sp³-hybridized carbons (Fsp3) is 0.457. The summed E-state index contributed by atoms with van der Waals surface area (Å²) < 4.78 is 46.2. The van der Waals surface area contributed by atoms with E-state index in [4.69, 9.17) is 59.6 Å². The Morgan fingerprint density at radius 2 is 1.30 bits per heavy atom. The number of hydrogen-bond acceptors (Lipinski definition) is 35. The number of oxime groups is 1. The van der Waals surface area contributed by atoms with Crippen molar-refractivity contribution in [2.45, 2.75) is 158 Å². The zero-order valence-corrected chi connectivity index (χ0v) is 79.9. The zero-order valence-electron chi connectivity index (χ0n) is 78.3. The van der Waals surface area contributed by atoms with Crippen molar-refractivity contribution in [2.24, 2.45) is 28.6 Å². The number of unbranched alkanes of at least 4 members (excludes halogenated alkanes) is 2. The summed E-state index contributed by atoms with van der Waals surface area (Å²) in [5.74, 6) is -22.2. The molecule has 0 aliphatic carbocycles. The molecule has 5 heterocycles. The Labute approximate surface area is 820 Å². The molecule has 0 saturated carbocycles. The second-order valence-electron chi connectivity index (χ2n) is 32.9. The van der Waals surface area contributed by atoms with Gasteiger partial charge < -0.3 is 116 Å². The van der Waals surface area contributed by atoms with Gasteiger partial charge in [0.05, 0.1) is 144 Å². The summed E-state index contributed by atoms with van der Waals surface area (Å²) in [6.07, 6.45) is -3.24. The number of Topliss-reactive ketones (excluding diaryl/α,β-unsaturated/α-hetero) is 3. The Morgan fingerprint density at radius 3 is 1.93 bits per heavy atom. The normalized spacial score (nSPS) is 15.8. The molecule has 0 spiro atoms. The highest BCUT2D eigenvalue weighted by Gasteiger charge is 2.46. The smallest absolute Gasteiger partial charge is 0.412 e. The molecule has 142 heavy (non-hydrogen) atoms. The molecule has 48 nitrogen and oxygen atoms in total. The molecule has 3 aliphatic heterocycles. The van der Waals surface area contributed by atoms with Crippen LogP contribution < -0.4 is 67.9 Å². The van der Waals surface area contributed by atoms with Gasteiger partial charge in [0.1, 0.15) is 38.8 Å². The molecule has 50 heteroatoms. The van der Waals surface area contributed by atoms with E-state index in [0.29, 0.717) is 54.6 Å². The Hall–Kier alpha value is -15.2. The molecule has 3 aromatic carbocycles. The van der Waals surface area contributed by atoms with E-state index in [2.05, 4.69) is 83.3 Å². The van der Waals surface area contributed by atoms with Crippen LogP contribution in [0.15, 0.2) is 114 Å². The van der Waals surface area contributed by atoms with E-state index in [9.17, 15) is 107 Å². The maximum absolute atomic E-state index is 14.7. The molecule has 3 fully saturated rings. The number of rotatable bonds is 60. The average molecular weight is 2020 g/mol. The van der Waals surface area contributed by atoms with Crippen LogP contribution in [-0.2, 0) is 89.5 Å². The summed E-state index contributed by atoms with van der Waals surface area (Å²) in [7, 11) is 5.97. The largest absolute Gasteiger partial charge is 0.493 e. The monoisotopic (exact) mass is 2020 g/mol. The van der Waals surface area contributed by atoms with Crippen molar-refractivity contribution in [3.05, 3.63) is 143 Å². The summed E-state index contributed by atoms with van der Waals surface area (Å²) >= 11 is 0. The van der Waals surface area contributed by atoms with Crippen molar-refractivity contribution in [3.63, 3.8) is 0 Å². The number of aromatic amines is 1. The van der Waals surface area contributed by atoms with Gasteiger partial charge in [0.25, 0.3) is 23.3 Å². The number of carboxylic acid groups (broad SMARTS) is 5. The van der Waals surface area contributed by atoms with Crippen LogP contribution in [0.4, 0.5) is 26.9 Å². The van der Waals surface area contributed by atoms with Gasteiger partial charge in [0.2, 0.25) is 17.8 Å². The number of ether oxygens (including phenoxy) is 8. The van der Waals surface area contributed by atoms with Crippen molar-refractivity contribution in [2.75, 3.05) is 109 Å². The van der Waals surface area contributed by atoms with Crippen LogP contribution in [0, 0.1) is 23.2 Å². The number of benzene rings is 3. The van der Waals surface area contributed by atoms with E-state index < -0.39 is 217 Å². The van der Waals surface area contributed by atoms with E-state index >= 15 is 0 Å². The van der Waals surface area contributed by atoms with Gasteiger partial charge in [-0.05, 0) is 106 Å². The van der Waals surface area contributed by atoms with E-state index in [1.807, 2.05) is 0 Å². The minimum absolute atomic E-state index is 0.0138.